The van der Waals surface area contributed by atoms with Gasteiger partial charge in [0.2, 0.25) is 0 Å². The number of hydrogen-bond donors (Lipinski definition) is 0. The summed E-state index contributed by atoms with van der Waals surface area (Å²) in [5.41, 5.74) is 3.24. The number of aromatic nitrogens is 2. The van der Waals surface area contributed by atoms with Gasteiger partial charge in [0.05, 0.1) is 27.8 Å². The van der Waals surface area contributed by atoms with Gasteiger partial charge in [-0.1, -0.05) is 19.1 Å². The minimum absolute atomic E-state index is 0.281. The molecule has 0 saturated heterocycles. The van der Waals surface area contributed by atoms with Crippen molar-refractivity contribution < 1.29 is 9.59 Å². The van der Waals surface area contributed by atoms with E-state index in [-0.39, 0.29) is 11.8 Å². The van der Waals surface area contributed by atoms with Gasteiger partial charge in [-0.25, -0.2) is 9.88 Å². The van der Waals surface area contributed by atoms with Crippen LogP contribution in [0.2, 0.25) is 0 Å². The molecule has 114 valence electrons. The van der Waals surface area contributed by atoms with Gasteiger partial charge >= 0.3 is 0 Å². The van der Waals surface area contributed by atoms with E-state index in [1.807, 2.05) is 24.6 Å². The molecule has 0 aliphatic carbocycles. The lowest BCUT2D eigenvalue weighted by atomic mass is 10.1. The predicted molar refractivity (Wildman–Crippen MR) is 87.7 cm³/mol. The number of aryl methyl sites for hydroxylation is 2. The van der Waals surface area contributed by atoms with Crippen LogP contribution in [-0.4, -0.2) is 21.4 Å². The number of benzene rings is 2. The lowest BCUT2D eigenvalue weighted by Crippen LogP contribution is -2.29. The molecule has 2 amide bonds. The van der Waals surface area contributed by atoms with Crippen molar-refractivity contribution in [1.29, 1.82) is 0 Å². The first-order valence-corrected chi connectivity index (χ1v) is 7.55. The second-order valence-corrected chi connectivity index (χ2v) is 5.60. The molecule has 5 heteroatoms. The van der Waals surface area contributed by atoms with Crippen molar-refractivity contribution in [3.05, 3.63) is 59.4 Å². The fourth-order valence-electron chi connectivity index (χ4n) is 3.12. The zero-order valence-electron chi connectivity index (χ0n) is 12.9. The van der Waals surface area contributed by atoms with Crippen molar-refractivity contribution in [2.24, 2.45) is 7.05 Å². The molecule has 0 atom stereocenters. The Balaban J connectivity index is 1.84. The van der Waals surface area contributed by atoms with Gasteiger partial charge in [0, 0.05) is 13.5 Å². The molecule has 1 aromatic heterocycles. The van der Waals surface area contributed by atoms with Crippen LogP contribution in [0, 0.1) is 0 Å². The van der Waals surface area contributed by atoms with E-state index in [1.165, 1.54) is 4.90 Å². The average molecular weight is 305 g/mol. The van der Waals surface area contributed by atoms with Crippen LogP contribution in [0.1, 0.15) is 33.5 Å². The molecule has 4 rings (SSSR count). The van der Waals surface area contributed by atoms with Crippen LogP contribution < -0.4 is 4.90 Å². The van der Waals surface area contributed by atoms with Gasteiger partial charge in [0.15, 0.2) is 0 Å². The number of carbonyl (C=O) groups excluding carboxylic acids is 2. The van der Waals surface area contributed by atoms with Crippen LogP contribution >= 0.6 is 0 Å². The van der Waals surface area contributed by atoms with E-state index in [0.29, 0.717) is 16.8 Å². The highest BCUT2D eigenvalue weighted by Gasteiger charge is 2.36. The Morgan fingerprint density at radius 3 is 2.26 bits per heavy atom. The Labute approximate surface area is 133 Å². The largest absolute Gasteiger partial charge is 0.331 e. The van der Waals surface area contributed by atoms with Crippen LogP contribution in [0.4, 0.5) is 5.69 Å². The Bertz CT molecular complexity index is 937. The molecule has 0 bridgehead atoms. The van der Waals surface area contributed by atoms with Gasteiger partial charge in [0.25, 0.3) is 11.8 Å². The Morgan fingerprint density at radius 1 is 1.00 bits per heavy atom. The van der Waals surface area contributed by atoms with E-state index in [9.17, 15) is 9.59 Å². The summed E-state index contributed by atoms with van der Waals surface area (Å²) in [7, 11) is 1.97. The molecule has 0 spiro atoms. The number of imide groups is 1. The Morgan fingerprint density at radius 2 is 1.65 bits per heavy atom. The van der Waals surface area contributed by atoms with E-state index in [4.69, 9.17) is 0 Å². The van der Waals surface area contributed by atoms with Crippen molar-refractivity contribution in [1.82, 2.24) is 9.55 Å². The summed E-state index contributed by atoms with van der Waals surface area (Å²) in [4.78, 5) is 30.9. The van der Waals surface area contributed by atoms with Gasteiger partial charge in [0.1, 0.15) is 5.82 Å². The van der Waals surface area contributed by atoms with Crippen molar-refractivity contribution in [2.45, 2.75) is 13.3 Å². The molecule has 2 heterocycles. The normalized spacial score (nSPS) is 13.9. The summed E-state index contributed by atoms with van der Waals surface area (Å²) < 4.78 is 2.03. The molecule has 0 radical (unpaired) electrons. The highest BCUT2D eigenvalue weighted by atomic mass is 16.2. The summed E-state index contributed by atoms with van der Waals surface area (Å²) >= 11 is 0. The predicted octanol–water partition coefficient (Wildman–Crippen LogP) is 2.94. The van der Waals surface area contributed by atoms with Crippen molar-refractivity contribution in [2.75, 3.05) is 4.90 Å². The summed E-state index contributed by atoms with van der Waals surface area (Å²) in [5.74, 6) is 0.410. The van der Waals surface area contributed by atoms with Crippen LogP contribution in [0.5, 0.6) is 0 Å². The van der Waals surface area contributed by atoms with Gasteiger partial charge in [-0.15, -0.1) is 0 Å². The monoisotopic (exact) mass is 305 g/mol. The fourth-order valence-corrected chi connectivity index (χ4v) is 3.12. The third kappa shape index (κ3) is 1.83. The van der Waals surface area contributed by atoms with Gasteiger partial charge in [-0.2, -0.15) is 0 Å². The molecular formula is C18H15N3O2. The van der Waals surface area contributed by atoms with Gasteiger partial charge in [-0.3, -0.25) is 9.59 Å². The first kappa shape index (κ1) is 13.7. The number of fused-ring (bicyclic) bond motifs is 2. The third-order valence-electron chi connectivity index (χ3n) is 4.33. The first-order chi connectivity index (χ1) is 11.1. The SMILES string of the molecule is CCc1nc2cc(N3C(=O)c4ccccc4C3=O)ccc2n1C. The highest BCUT2D eigenvalue weighted by Crippen LogP contribution is 2.30. The molecule has 2 aromatic carbocycles. The fraction of sp³-hybridized carbons (Fsp3) is 0.167. The smallest absolute Gasteiger partial charge is 0.266 e. The number of nitrogens with zero attached hydrogens (tertiary/aromatic N) is 3. The second-order valence-electron chi connectivity index (χ2n) is 5.60. The number of amides is 2. The first-order valence-electron chi connectivity index (χ1n) is 7.55. The third-order valence-corrected chi connectivity index (χ3v) is 4.33. The zero-order chi connectivity index (χ0) is 16.1. The molecular weight excluding hydrogens is 290 g/mol. The van der Waals surface area contributed by atoms with Crippen molar-refractivity contribution in [3.63, 3.8) is 0 Å². The Kier molecular flexibility index (Phi) is 2.84. The zero-order valence-corrected chi connectivity index (χ0v) is 12.9. The minimum atomic E-state index is -0.281. The van der Waals surface area contributed by atoms with Crippen LogP contribution in [0.15, 0.2) is 42.5 Å². The number of anilines is 1. The van der Waals surface area contributed by atoms with E-state index >= 15 is 0 Å². The van der Waals surface area contributed by atoms with Crippen LogP contribution in [0.25, 0.3) is 11.0 Å². The molecule has 1 aliphatic rings. The Hall–Kier alpha value is -2.95. The number of carbonyl (C=O) groups is 2. The summed E-state index contributed by atoms with van der Waals surface area (Å²) in [6.07, 6.45) is 0.827. The highest BCUT2D eigenvalue weighted by molar-refractivity contribution is 6.34. The van der Waals surface area contributed by atoms with Crippen molar-refractivity contribution >= 4 is 28.5 Å². The molecule has 23 heavy (non-hydrogen) atoms. The summed E-state index contributed by atoms with van der Waals surface area (Å²) in [5, 5.41) is 0. The molecule has 5 nitrogen and oxygen atoms in total. The average Bonchev–Trinajstić information content (AvgIpc) is 3.03. The van der Waals surface area contributed by atoms with E-state index in [2.05, 4.69) is 4.98 Å². The van der Waals surface area contributed by atoms with E-state index in [1.54, 1.807) is 36.4 Å². The maximum absolute atomic E-state index is 12.6. The van der Waals surface area contributed by atoms with Gasteiger partial charge in [-0.05, 0) is 30.3 Å². The standard InChI is InChI=1S/C18H15N3O2/c1-3-16-19-14-10-11(8-9-15(14)20(16)2)21-17(22)12-6-4-5-7-13(12)18(21)23/h4-10H,3H2,1-2H3. The van der Waals surface area contributed by atoms with Crippen LogP contribution in [-0.2, 0) is 13.5 Å². The maximum atomic E-state index is 12.6. The number of imidazole rings is 1. The summed E-state index contributed by atoms with van der Waals surface area (Å²) in [6.45, 7) is 2.05. The number of rotatable bonds is 2. The lowest BCUT2D eigenvalue weighted by Gasteiger charge is -2.13. The van der Waals surface area contributed by atoms with Crippen molar-refractivity contribution in [3.8, 4) is 0 Å². The van der Waals surface area contributed by atoms with Gasteiger partial charge < -0.3 is 4.57 Å². The molecule has 0 fully saturated rings. The molecule has 0 N–H and O–H groups in total. The molecule has 0 saturated carbocycles. The topological polar surface area (TPSA) is 55.2 Å². The lowest BCUT2D eigenvalue weighted by molar-refractivity contribution is 0.0926. The second kappa shape index (κ2) is 4.78. The number of hydrogen-bond acceptors (Lipinski definition) is 3. The molecule has 0 unspecified atom stereocenters. The summed E-state index contributed by atoms with van der Waals surface area (Å²) in [6, 6.07) is 12.4. The van der Waals surface area contributed by atoms with Crippen LogP contribution in [0.3, 0.4) is 0 Å². The van der Waals surface area contributed by atoms with E-state index in [0.717, 1.165) is 23.3 Å². The molecule has 1 aliphatic heterocycles. The molecule has 3 aromatic rings. The maximum Gasteiger partial charge on any atom is 0.266 e. The van der Waals surface area contributed by atoms with E-state index < -0.39 is 0 Å². The minimum Gasteiger partial charge on any atom is -0.331 e. The quantitative estimate of drug-likeness (QED) is 0.684.